The van der Waals surface area contributed by atoms with Crippen molar-refractivity contribution in [3.63, 3.8) is 0 Å². The lowest BCUT2D eigenvalue weighted by molar-refractivity contribution is -0.134. The summed E-state index contributed by atoms with van der Waals surface area (Å²) in [5, 5.41) is 25.9. The number of piperazine rings is 1. The van der Waals surface area contributed by atoms with E-state index in [1.165, 1.54) is 16.8 Å². The van der Waals surface area contributed by atoms with Crippen molar-refractivity contribution < 1.29 is 19.4 Å². The van der Waals surface area contributed by atoms with E-state index < -0.39 is 0 Å². The smallest absolute Gasteiger partial charge is 0.249 e. The van der Waals surface area contributed by atoms with E-state index in [4.69, 9.17) is 10.5 Å². The SMILES string of the molecule is Nc1nnc(-c2ccccc2O)cc1-n1cc(N2C[C@@H]3COC[C@@H](C2)N3C2CCC(c3cccc4c3CCN4[C@H]3CCC(=O)NC3=O)CC2)cn1. The summed E-state index contributed by atoms with van der Waals surface area (Å²) in [6, 6.07) is 16.3. The predicted octanol–water partition coefficient (Wildman–Crippen LogP) is 3.40. The van der Waals surface area contributed by atoms with Crippen LogP contribution in [0, 0.1) is 0 Å². The number of nitrogens with zero attached hydrogens (tertiary/aromatic N) is 7. The van der Waals surface area contributed by atoms with Gasteiger partial charge in [-0.15, -0.1) is 10.2 Å². The summed E-state index contributed by atoms with van der Waals surface area (Å²) in [5.74, 6) is 0.582. The van der Waals surface area contributed by atoms with Gasteiger partial charge in [0.15, 0.2) is 5.82 Å². The van der Waals surface area contributed by atoms with Crippen LogP contribution in [0.25, 0.3) is 16.9 Å². The van der Waals surface area contributed by atoms with E-state index in [1.54, 1.807) is 22.9 Å². The number of nitrogens with one attached hydrogen (secondary N) is 1. The largest absolute Gasteiger partial charge is 0.507 e. The van der Waals surface area contributed by atoms with Crippen molar-refractivity contribution in [1.82, 2.24) is 30.2 Å². The maximum absolute atomic E-state index is 12.7. The number of morpholine rings is 1. The number of phenols is 1. The molecular weight excluding hydrogens is 646 g/mol. The highest BCUT2D eigenvalue weighted by Gasteiger charge is 2.44. The van der Waals surface area contributed by atoms with Gasteiger partial charge in [0.1, 0.15) is 17.5 Å². The first-order chi connectivity index (χ1) is 24.9. The number of nitrogens with two attached hydrogens (primary N) is 1. The third kappa shape index (κ3) is 5.78. The average molecular weight is 690 g/mol. The first kappa shape index (κ1) is 31.9. The van der Waals surface area contributed by atoms with Crippen LogP contribution >= 0.6 is 0 Å². The molecule has 2 amide bonds. The molecule has 4 fully saturated rings. The molecule has 13 nitrogen and oxygen atoms in total. The fourth-order valence-corrected chi connectivity index (χ4v) is 9.36. The van der Waals surface area contributed by atoms with Crippen LogP contribution in [-0.2, 0) is 20.7 Å². The molecule has 6 heterocycles. The number of nitrogen functional groups attached to an aromatic ring is 1. The molecule has 0 unspecified atom stereocenters. The minimum absolute atomic E-state index is 0.130. The van der Waals surface area contributed by atoms with Crippen molar-refractivity contribution in [3.8, 4) is 22.7 Å². The van der Waals surface area contributed by atoms with Gasteiger partial charge in [0.25, 0.3) is 0 Å². The highest BCUT2D eigenvalue weighted by atomic mass is 16.5. The lowest BCUT2D eigenvalue weighted by atomic mass is 9.78. The van der Waals surface area contributed by atoms with Crippen molar-refractivity contribution >= 4 is 29.0 Å². The third-order valence-corrected chi connectivity index (χ3v) is 11.7. The number of hydrogen-bond donors (Lipinski definition) is 3. The number of benzene rings is 2. The van der Waals surface area contributed by atoms with E-state index in [0.717, 1.165) is 57.4 Å². The minimum Gasteiger partial charge on any atom is -0.507 e. The van der Waals surface area contributed by atoms with Gasteiger partial charge in [-0.1, -0.05) is 24.3 Å². The number of fused-ring (bicyclic) bond motifs is 3. The zero-order chi connectivity index (χ0) is 34.6. The van der Waals surface area contributed by atoms with Gasteiger partial charge >= 0.3 is 0 Å². The highest BCUT2D eigenvalue weighted by molar-refractivity contribution is 6.02. The highest BCUT2D eigenvalue weighted by Crippen LogP contribution is 2.43. The van der Waals surface area contributed by atoms with Crippen LogP contribution in [-0.4, -0.2) is 98.8 Å². The van der Waals surface area contributed by atoms with Crippen molar-refractivity contribution in [2.45, 2.75) is 75.0 Å². The zero-order valence-corrected chi connectivity index (χ0v) is 28.5. The van der Waals surface area contributed by atoms with Crippen molar-refractivity contribution in [3.05, 3.63) is 72.1 Å². The van der Waals surface area contributed by atoms with Crippen LogP contribution in [0.2, 0.25) is 0 Å². The van der Waals surface area contributed by atoms with E-state index >= 15 is 0 Å². The van der Waals surface area contributed by atoms with Crippen molar-refractivity contribution in [2.75, 3.05) is 48.4 Å². The zero-order valence-electron chi connectivity index (χ0n) is 28.5. The number of piperidine rings is 1. The fourth-order valence-electron chi connectivity index (χ4n) is 9.36. The molecule has 264 valence electrons. The number of anilines is 3. The maximum atomic E-state index is 12.7. The van der Waals surface area contributed by atoms with Crippen LogP contribution in [0.3, 0.4) is 0 Å². The molecule has 3 atom stereocenters. The monoisotopic (exact) mass is 689 g/mol. The molecule has 4 aromatic rings. The molecule has 9 rings (SSSR count). The Hall–Kier alpha value is -5.01. The molecule has 4 aliphatic heterocycles. The van der Waals surface area contributed by atoms with Crippen LogP contribution in [0.15, 0.2) is 60.9 Å². The van der Waals surface area contributed by atoms with E-state index in [1.807, 2.05) is 24.5 Å². The molecule has 4 N–H and O–H groups in total. The Morgan fingerprint density at radius 3 is 2.47 bits per heavy atom. The number of carbonyl (C=O) groups excluding carboxylic acids is 2. The number of para-hydroxylation sites is 1. The number of hydrogen-bond acceptors (Lipinski definition) is 11. The summed E-state index contributed by atoms with van der Waals surface area (Å²) in [5.41, 5.74) is 13.0. The normalized spacial score (nSPS) is 26.6. The van der Waals surface area contributed by atoms with E-state index in [2.05, 4.69) is 53.5 Å². The number of aromatic hydroxyl groups is 1. The third-order valence-electron chi connectivity index (χ3n) is 11.7. The lowest BCUT2D eigenvalue weighted by Crippen LogP contribution is -2.67. The summed E-state index contributed by atoms with van der Waals surface area (Å²) in [6.45, 7) is 3.98. The van der Waals surface area contributed by atoms with Crippen molar-refractivity contribution in [1.29, 1.82) is 0 Å². The number of rotatable bonds is 6. The first-order valence-corrected chi connectivity index (χ1v) is 18.2. The van der Waals surface area contributed by atoms with Gasteiger partial charge < -0.3 is 25.4 Å². The molecular formula is C38H43N9O4. The summed E-state index contributed by atoms with van der Waals surface area (Å²) >= 11 is 0. The second-order valence-electron chi connectivity index (χ2n) is 14.6. The standard InChI is InChI=1S/C38H43N9O4/c39-37-34(16-31(42-43-37)30-4-1-2-7-35(30)48)46-20-25(17-40-46)44-18-26-21-51-22-27(19-44)47(26)24-10-8-23(9-11-24)28-5-3-6-32-29(28)14-15-45(32)33-12-13-36(49)41-38(33)50/h1-7,16-17,20,23-24,26-27,33,48H,8-15,18-19,21-22H2,(H2,39,43)(H,41,49,50)/t23?,24?,26-,27-,33+/m1/s1. The molecule has 1 aliphatic carbocycles. The number of phenolic OH excluding ortho intramolecular Hbond substituents is 1. The van der Waals surface area contributed by atoms with Crippen molar-refractivity contribution in [2.24, 2.45) is 0 Å². The quantitative estimate of drug-likeness (QED) is 0.255. The van der Waals surface area contributed by atoms with Gasteiger partial charge in [0.05, 0.1) is 49.1 Å². The number of imide groups is 1. The van der Waals surface area contributed by atoms with Gasteiger partial charge in [-0.2, -0.15) is 5.10 Å². The molecule has 2 bridgehead atoms. The van der Waals surface area contributed by atoms with Crippen LogP contribution in [0.4, 0.5) is 17.2 Å². The second kappa shape index (κ2) is 13.0. The summed E-state index contributed by atoms with van der Waals surface area (Å²) in [4.78, 5) is 31.9. The maximum Gasteiger partial charge on any atom is 0.249 e. The molecule has 3 saturated heterocycles. The Kier molecular flexibility index (Phi) is 8.11. The van der Waals surface area contributed by atoms with E-state index in [9.17, 15) is 14.7 Å². The molecule has 2 aromatic heterocycles. The number of aromatic nitrogens is 4. The molecule has 5 aliphatic rings. The van der Waals surface area contributed by atoms with Gasteiger partial charge in [-0.3, -0.25) is 19.8 Å². The second-order valence-corrected chi connectivity index (χ2v) is 14.6. The van der Waals surface area contributed by atoms with Gasteiger partial charge in [0, 0.05) is 43.3 Å². The summed E-state index contributed by atoms with van der Waals surface area (Å²) in [7, 11) is 0. The predicted molar refractivity (Wildman–Crippen MR) is 192 cm³/mol. The molecule has 13 heteroatoms. The molecule has 51 heavy (non-hydrogen) atoms. The molecule has 2 aromatic carbocycles. The molecule has 0 radical (unpaired) electrons. The Balaban J connectivity index is 0.869. The average Bonchev–Trinajstić information content (AvgIpc) is 3.80. The lowest BCUT2D eigenvalue weighted by Gasteiger charge is -2.54. The molecule has 0 spiro atoms. The minimum atomic E-state index is -0.266. The Labute approximate surface area is 296 Å². The van der Waals surface area contributed by atoms with Gasteiger partial charge in [-0.05, 0) is 79.8 Å². The number of amides is 2. The van der Waals surface area contributed by atoms with E-state index in [-0.39, 0.29) is 29.4 Å². The Morgan fingerprint density at radius 1 is 0.882 bits per heavy atom. The Bertz CT molecular complexity index is 1960. The van der Waals surface area contributed by atoms with Gasteiger partial charge in [0.2, 0.25) is 11.8 Å². The fraction of sp³-hybridized carbons (Fsp3) is 0.447. The summed E-state index contributed by atoms with van der Waals surface area (Å²) in [6.07, 6.45) is 10.4. The van der Waals surface area contributed by atoms with Crippen LogP contribution in [0.5, 0.6) is 5.75 Å². The number of carbonyl (C=O) groups is 2. The molecule has 1 saturated carbocycles. The van der Waals surface area contributed by atoms with Crippen LogP contribution < -0.4 is 20.9 Å². The summed E-state index contributed by atoms with van der Waals surface area (Å²) < 4.78 is 7.86. The Morgan fingerprint density at radius 2 is 1.69 bits per heavy atom. The topological polar surface area (TPSA) is 155 Å². The van der Waals surface area contributed by atoms with Gasteiger partial charge in [-0.25, -0.2) is 4.68 Å². The first-order valence-electron chi connectivity index (χ1n) is 18.2. The van der Waals surface area contributed by atoms with Crippen LogP contribution in [0.1, 0.15) is 55.6 Å². The number of ether oxygens (including phenoxy) is 1. The van der Waals surface area contributed by atoms with E-state index in [0.29, 0.717) is 67.0 Å².